The summed E-state index contributed by atoms with van der Waals surface area (Å²) in [4.78, 5) is 2.38. The van der Waals surface area contributed by atoms with Gasteiger partial charge in [0.05, 0.1) is 16.8 Å². The predicted molar refractivity (Wildman–Crippen MR) is 70.3 cm³/mol. The molecule has 0 aromatic carbocycles. The summed E-state index contributed by atoms with van der Waals surface area (Å²) in [6.07, 6.45) is 2.81. The Labute approximate surface area is 106 Å². The molecule has 92 valence electrons. The van der Waals surface area contributed by atoms with E-state index in [0.29, 0.717) is 12.6 Å². The maximum Gasteiger partial charge on any atom is 0.136 e. The third-order valence-corrected chi connectivity index (χ3v) is 3.75. The molecule has 0 saturated heterocycles. The van der Waals surface area contributed by atoms with E-state index in [-0.39, 0.29) is 6.04 Å². The Bertz CT molecular complexity index is 314. The zero-order valence-corrected chi connectivity index (χ0v) is 11.8. The van der Waals surface area contributed by atoms with E-state index in [4.69, 9.17) is 10.2 Å². The molecule has 1 heterocycles. The SMILES string of the molecule is CCC(C)N(CC)C(CN)c1occc1Br. The quantitative estimate of drug-likeness (QED) is 0.874. The van der Waals surface area contributed by atoms with Gasteiger partial charge in [-0.2, -0.15) is 0 Å². The van der Waals surface area contributed by atoms with E-state index in [1.165, 1.54) is 0 Å². The van der Waals surface area contributed by atoms with E-state index >= 15 is 0 Å². The Morgan fingerprint density at radius 1 is 1.50 bits per heavy atom. The molecule has 2 unspecified atom stereocenters. The van der Waals surface area contributed by atoms with Crippen molar-refractivity contribution < 1.29 is 4.42 Å². The van der Waals surface area contributed by atoms with Gasteiger partial charge in [-0.25, -0.2) is 0 Å². The van der Waals surface area contributed by atoms with Gasteiger partial charge >= 0.3 is 0 Å². The van der Waals surface area contributed by atoms with Crippen molar-refractivity contribution in [2.45, 2.75) is 39.3 Å². The van der Waals surface area contributed by atoms with Gasteiger partial charge in [0.1, 0.15) is 5.76 Å². The first kappa shape index (κ1) is 13.7. The van der Waals surface area contributed by atoms with Crippen LogP contribution in [0.1, 0.15) is 39.0 Å². The first-order valence-corrected chi connectivity index (χ1v) is 6.63. The average molecular weight is 289 g/mol. The van der Waals surface area contributed by atoms with Crippen LogP contribution in [0.5, 0.6) is 0 Å². The normalized spacial score (nSPS) is 15.4. The molecule has 2 N–H and O–H groups in total. The van der Waals surface area contributed by atoms with Gasteiger partial charge in [0.15, 0.2) is 0 Å². The topological polar surface area (TPSA) is 42.4 Å². The van der Waals surface area contributed by atoms with Crippen molar-refractivity contribution in [1.29, 1.82) is 0 Å². The lowest BCUT2D eigenvalue weighted by molar-refractivity contribution is 0.134. The number of nitrogens with zero attached hydrogens (tertiary/aromatic N) is 1. The van der Waals surface area contributed by atoms with Gasteiger partial charge < -0.3 is 10.2 Å². The van der Waals surface area contributed by atoms with Gasteiger partial charge in [0, 0.05) is 12.6 Å². The summed E-state index contributed by atoms with van der Waals surface area (Å²) in [6.45, 7) is 8.13. The minimum atomic E-state index is 0.157. The number of rotatable bonds is 6. The van der Waals surface area contributed by atoms with Crippen LogP contribution in [0.3, 0.4) is 0 Å². The highest BCUT2D eigenvalue weighted by Crippen LogP contribution is 2.29. The van der Waals surface area contributed by atoms with Crippen molar-refractivity contribution in [3.63, 3.8) is 0 Å². The molecular weight excluding hydrogens is 268 g/mol. The van der Waals surface area contributed by atoms with E-state index in [1.807, 2.05) is 6.07 Å². The third kappa shape index (κ3) is 2.87. The summed E-state index contributed by atoms with van der Waals surface area (Å²) in [5.74, 6) is 0.935. The van der Waals surface area contributed by atoms with E-state index in [2.05, 4.69) is 41.6 Å². The Morgan fingerprint density at radius 2 is 2.19 bits per heavy atom. The molecule has 0 spiro atoms. The molecule has 0 aliphatic carbocycles. The van der Waals surface area contributed by atoms with Crippen LogP contribution in [0.25, 0.3) is 0 Å². The molecule has 4 heteroatoms. The van der Waals surface area contributed by atoms with Crippen molar-refractivity contribution in [2.75, 3.05) is 13.1 Å². The highest BCUT2D eigenvalue weighted by Gasteiger charge is 2.25. The lowest BCUT2D eigenvalue weighted by atomic mass is 10.1. The molecule has 16 heavy (non-hydrogen) atoms. The lowest BCUT2D eigenvalue weighted by Gasteiger charge is -2.33. The highest BCUT2D eigenvalue weighted by molar-refractivity contribution is 9.10. The van der Waals surface area contributed by atoms with Crippen LogP contribution in [0.4, 0.5) is 0 Å². The van der Waals surface area contributed by atoms with Crippen LogP contribution >= 0.6 is 15.9 Å². The molecule has 0 aliphatic rings. The monoisotopic (exact) mass is 288 g/mol. The molecule has 2 atom stereocenters. The van der Waals surface area contributed by atoms with Crippen LogP contribution < -0.4 is 5.73 Å². The van der Waals surface area contributed by atoms with Gasteiger partial charge in [-0.15, -0.1) is 0 Å². The summed E-state index contributed by atoms with van der Waals surface area (Å²) < 4.78 is 6.53. The van der Waals surface area contributed by atoms with Crippen LogP contribution in [-0.2, 0) is 0 Å². The highest BCUT2D eigenvalue weighted by atomic mass is 79.9. The fourth-order valence-corrected chi connectivity index (χ4v) is 2.48. The maximum atomic E-state index is 5.88. The van der Waals surface area contributed by atoms with Crippen molar-refractivity contribution in [2.24, 2.45) is 5.73 Å². The van der Waals surface area contributed by atoms with E-state index < -0.39 is 0 Å². The Kier molecular flexibility index (Phi) is 5.52. The first-order chi connectivity index (χ1) is 7.65. The van der Waals surface area contributed by atoms with Gasteiger partial charge in [-0.1, -0.05) is 13.8 Å². The average Bonchev–Trinajstić information content (AvgIpc) is 2.71. The Balaban J connectivity index is 2.92. The zero-order chi connectivity index (χ0) is 12.1. The smallest absolute Gasteiger partial charge is 0.136 e. The summed E-state index contributed by atoms with van der Waals surface area (Å²) >= 11 is 3.50. The van der Waals surface area contributed by atoms with E-state index in [0.717, 1.165) is 23.2 Å². The molecule has 0 radical (unpaired) electrons. The van der Waals surface area contributed by atoms with Gasteiger partial charge in [0.2, 0.25) is 0 Å². The first-order valence-electron chi connectivity index (χ1n) is 5.84. The molecule has 0 aliphatic heterocycles. The number of halogens is 1. The molecule has 0 saturated carbocycles. The standard InChI is InChI=1S/C12H21BrN2O/c1-4-9(3)15(5-2)11(8-14)12-10(13)6-7-16-12/h6-7,9,11H,4-5,8,14H2,1-3H3. The lowest BCUT2D eigenvalue weighted by Crippen LogP contribution is -2.39. The van der Waals surface area contributed by atoms with Gasteiger partial charge in [-0.3, -0.25) is 4.90 Å². The van der Waals surface area contributed by atoms with Crippen LogP contribution in [0, 0.1) is 0 Å². The van der Waals surface area contributed by atoms with Gasteiger partial charge in [-0.05, 0) is 41.9 Å². The molecule has 0 amide bonds. The van der Waals surface area contributed by atoms with E-state index in [9.17, 15) is 0 Å². The number of nitrogens with two attached hydrogens (primary N) is 1. The van der Waals surface area contributed by atoms with Crippen LogP contribution in [0.15, 0.2) is 21.2 Å². The summed E-state index contributed by atoms with van der Waals surface area (Å²) in [7, 11) is 0. The van der Waals surface area contributed by atoms with Crippen LogP contribution in [-0.4, -0.2) is 24.0 Å². The van der Waals surface area contributed by atoms with Crippen molar-refractivity contribution in [3.8, 4) is 0 Å². The number of furan rings is 1. The fourth-order valence-electron chi connectivity index (χ4n) is 2.01. The van der Waals surface area contributed by atoms with Crippen molar-refractivity contribution >= 4 is 15.9 Å². The second-order valence-electron chi connectivity index (χ2n) is 3.97. The number of hydrogen-bond acceptors (Lipinski definition) is 3. The number of hydrogen-bond donors (Lipinski definition) is 1. The molecule has 0 fully saturated rings. The van der Waals surface area contributed by atoms with Crippen molar-refractivity contribution in [3.05, 3.63) is 22.6 Å². The molecule has 1 aromatic heterocycles. The van der Waals surface area contributed by atoms with E-state index in [1.54, 1.807) is 6.26 Å². The van der Waals surface area contributed by atoms with Gasteiger partial charge in [0.25, 0.3) is 0 Å². The number of likely N-dealkylation sites (N-methyl/N-ethyl adjacent to an activating group) is 1. The minimum Gasteiger partial charge on any atom is -0.466 e. The Morgan fingerprint density at radius 3 is 2.56 bits per heavy atom. The molecule has 1 rings (SSSR count). The maximum absolute atomic E-state index is 5.88. The summed E-state index contributed by atoms with van der Waals surface area (Å²) in [5, 5.41) is 0. The second kappa shape index (κ2) is 6.42. The third-order valence-electron chi connectivity index (χ3n) is 3.09. The predicted octanol–water partition coefficient (Wildman–Crippen LogP) is 3.16. The van der Waals surface area contributed by atoms with Crippen molar-refractivity contribution in [1.82, 2.24) is 4.90 Å². The Hall–Kier alpha value is -0.320. The fraction of sp³-hybridized carbons (Fsp3) is 0.667. The molecule has 3 nitrogen and oxygen atoms in total. The second-order valence-corrected chi connectivity index (χ2v) is 4.83. The summed E-state index contributed by atoms with van der Waals surface area (Å²) in [5.41, 5.74) is 5.88. The molecule has 0 bridgehead atoms. The molecule has 1 aromatic rings. The van der Waals surface area contributed by atoms with Crippen LogP contribution in [0.2, 0.25) is 0 Å². The minimum absolute atomic E-state index is 0.157. The summed E-state index contributed by atoms with van der Waals surface area (Å²) in [6, 6.07) is 2.59. The molecular formula is C12H21BrN2O. The largest absolute Gasteiger partial charge is 0.466 e. The zero-order valence-electron chi connectivity index (χ0n) is 10.2.